The van der Waals surface area contributed by atoms with Gasteiger partial charge in [0.15, 0.2) is 5.13 Å². The number of anilines is 1. The summed E-state index contributed by atoms with van der Waals surface area (Å²) < 4.78 is 32.2. The average Bonchev–Trinajstić information content (AvgIpc) is 3.18. The van der Waals surface area contributed by atoms with Gasteiger partial charge in [0.2, 0.25) is 5.91 Å². The van der Waals surface area contributed by atoms with E-state index in [0.29, 0.717) is 10.9 Å². The molecule has 1 amide bonds. The third-order valence-corrected chi connectivity index (χ3v) is 5.33. The lowest BCUT2D eigenvalue weighted by Gasteiger charge is -2.02. The fourth-order valence-electron chi connectivity index (χ4n) is 2.26. The minimum Gasteiger partial charge on any atom is -0.361 e. The molecule has 1 N–H and O–H groups in total. The molecule has 0 unspecified atom stereocenters. The average molecular weight is 395 g/mol. The van der Waals surface area contributed by atoms with E-state index in [-0.39, 0.29) is 22.9 Å². The highest BCUT2D eigenvalue weighted by molar-refractivity contribution is 7.99. The second kappa shape index (κ2) is 7.96. The number of hydrogen-bond acceptors (Lipinski definition) is 6. The molecular formula is C17H15F2N3O2S2. The first-order chi connectivity index (χ1) is 12.4. The molecule has 0 aliphatic carbocycles. The van der Waals surface area contributed by atoms with Crippen molar-refractivity contribution in [3.63, 3.8) is 0 Å². The summed E-state index contributed by atoms with van der Waals surface area (Å²) in [6, 6.07) is 3.17. The molecule has 0 saturated heterocycles. The van der Waals surface area contributed by atoms with Gasteiger partial charge in [-0.2, -0.15) is 0 Å². The summed E-state index contributed by atoms with van der Waals surface area (Å²) in [6.45, 7) is 3.69. The van der Waals surface area contributed by atoms with E-state index in [2.05, 4.69) is 15.5 Å². The van der Waals surface area contributed by atoms with Crippen molar-refractivity contribution in [1.29, 1.82) is 0 Å². The summed E-state index contributed by atoms with van der Waals surface area (Å²) in [6.07, 6.45) is 0. The van der Waals surface area contributed by atoms with Crippen LogP contribution in [0.25, 0.3) is 11.3 Å². The Balaban J connectivity index is 1.57. The maximum Gasteiger partial charge on any atom is 0.236 e. The molecule has 3 aromatic rings. The zero-order chi connectivity index (χ0) is 18.7. The molecule has 0 atom stereocenters. The van der Waals surface area contributed by atoms with Gasteiger partial charge in [-0.3, -0.25) is 4.79 Å². The van der Waals surface area contributed by atoms with Gasteiger partial charge in [-0.05, 0) is 32.0 Å². The molecule has 2 aromatic heterocycles. The summed E-state index contributed by atoms with van der Waals surface area (Å²) in [4.78, 5) is 16.2. The lowest BCUT2D eigenvalue weighted by molar-refractivity contribution is -0.113. The van der Waals surface area contributed by atoms with Crippen LogP contribution in [0.3, 0.4) is 0 Å². The molecule has 1 aromatic carbocycles. The molecule has 0 saturated carbocycles. The second-order valence-corrected chi connectivity index (χ2v) is 7.35. The van der Waals surface area contributed by atoms with Crippen LogP contribution in [-0.2, 0) is 10.5 Å². The highest BCUT2D eigenvalue weighted by Gasteiger charge is 2.13. The van der Waals surface area contributed by atoms with Gasteiger partial charge < -0.3 is 9.84 Å². The van der Waals surface area contributed by atoms with Gasteiger partial charge in [0.25, 0.3) is 0 Å². The Kier molecular flexibility index (Phi) is 5.67. The van der Waals surface area contributed by atoms with E-state index in [1.54, 1.807) is 5.38 Å². The minimum atomic E-state index is -0.565. The monoisotopic (exact) mass is 395 g/mol. The Morgan fingerprint density at radius 2 is 2.15 bits per heavy atom. The lowest BCUT2D eigenvalue weighted by Crippen LogP contribution is -2.14. The second-order valence-electron chi connectivity index (χ2n) is 5.51. The number of thiazole rings is 1. The lowest BCUT2D eigenvalue weighted by atomic mass is 10.1. The number of halogens is 2. The fourth-order valence-corrected chi connectivity index (χ4v) is 3.96. The van der Waals surface area contributed by atoms with Crippen LogP contribution < -0.4 is 5.32 Å². The van der Waals surface area contributed by atoms with Gasteiger partial charge in [0, 0.05) is 22.3 Å². The zero-order valence-electron chi connectivity index (χ0n) is 14.0. The van der Waals surface area contributed by atoms with Gasteiger partial charge in [0.1, 0.15) is 17.4 Å². The van der Waals surface area contributed by atoms with Crippen LogP contribution in [0, 0.1) is 25.5 Å². The zero-order valence-corrected chi connectivity index (χ0v) is 15.6. The molecule has 0 spiro atoms. The van der Waals surface area contributed by atoms with Crippen LogP contribution in [0.5, 0.6) is 0 Å². The SMILES string of the molecule is Cc1noc(C)c1CSCC(=O)Nc1nc(-c2cc(F)ccc2F)cs1. The third-order valence-electron chi connectivity index (χ3n) is 3.62. The number of carbonyl (C=O) groups excluding carboxylic acids is 1. The maximum atomic E-state index is 13.8. The van der Waals surface area contributed by atoms with Gasteiger partial charge in [0.05, 0.1) is 17.1 Å². The molecule has 136 valence electrons. The molecule has 0 aliphatic rings. The van der Waals surface area contributed by atoms with E-state index in [1.807, 2.05) is 13.8 Å². The van der Waals surface area contributed by atoms with Crippen molar-refractivity contribution >= 4 is 34.1 Å². The predicted octanol–water partition coefficient (Wildman–Crippen LogP) is 4.57. The Bertz CT molecular complexity index is 920. The number of aryl methyl sites for hydroxylation is 2. The van der Waals surface area contributed by atoms with Crippen LogP contribution in [0.4, 0.5) is 13.9 Å². The van der Waals surface area contributed by atoms with Crippen molar-refractivity contribution in [3.8, 4) is 11.3 Å². The number of thioether (sulfide) groups is 1. The molecule has 2 heterocycles. The van der Waals surface area contributed by atoms with E-state index in [4.69, 9.17) is 4.52 Å². The highest BCUT2D eigenvalue weighted by atomic mass is 32.2. The number of rotatable bonds is 6. The van der Waals surface area contributed by atoms with Crippen LogP contribution in [0.1, 0.15) is 17.0 Å². The Morgan fingerprint density at radius 3 is 2.88 bits per heavy atom. The van der Waals surface area contributed by atoms with Crippen LogP contribution in [0.2, 0.25) is 0 Å². The normalized spacial score (nSPS) is 10.9. The van der Waals surface area contributed by atoms with E-state index in [9.17, 15) is 13.6 Å². The van der Waals surface area contributed by atoms with Gasteiger partial charge >= 0.3 is 0 Å². The number of benzene rings is 1. The maximum absolute atomic E-state index is 13.8. The largest absolute Gasteiger partial charge is 0.361 e. The number of hydrogen-bond donors (Lipinski definition) is 1. The molecule has 5 nitrogen and oxygen atoms in total. The van der Waals surface area contributed by atoms with E-state index >= 15 is 0 Å². The van der Waals surface area contributed by atoms with E-state index in [1.165, 1.54) is 11.8 Å². The number of nitrogens with zero attached hydrogens (tertiary/aromatic N) is 2. The molecule has 0 bridgehead atoms. The van der Waals surface area contributed by atoms with Gasteiger partial charge in [-0.25, -0.2) is 13.8 Å². The fraction of sp³-hybridized carbons (Fsp3) is 0.235. The van der Waals surface area contributed by atoms with Gasteiger partial charge in [-0.1, -0.05) is 5.16 Å². The van der Waals surface area contributed by atoms with Crippen LogP contribution in [-0.4, -0.2) is 21.8 Å². The number of nitrogens with one attached hydrogen (secondary N) is 1. The quantitative estimate of drug-likeness (QED) is 0.662. The minimum absolute atomic E-state index is 0.0644. The van der Waals surface area contributed by atoms with Crippen molar-refractivity contribution in [2.45, 2.75) is 19.6 Å². The standard InChI is InChI=1S/C17H15F2N3O2S2/c1-9-13(10(2)24-22-9)6-25-8-16(23)21-17-20-15(7-26-17)12-5-11(18)3-4-14(12)19/h3-5,7H,6,8H2,1-2H3,(H,20,21,23). The van der Waals surface area contributed by atoms with Crippen molar-refractivity contribution in [3.05, 3.63) is 52.2 Å². The summed E-state index contributed by atoms with van der Waals surface area (Å²) in [5, 5.41) is 8.45. The molecule has 3 rings (SSSR count). The third kappa shape index (κ3) is 4.28. The highest BCUT2D eigenvalue weighted by Crippen LogP contribution is 2.28. The molecule has 0 aliphatic heterocycles. The van der Waals surface area contributed by atoms with Crippen molar-refractivity contribution < 1.29 is 18.1 Å². The molecule has 0 fully saturated rings. The Labute approximate surface area is 156 Å². The van der Waals surface area contributed by atoms with Crippen LogP contribution in [0.15, 0.2) is 28.1 Å². The summed E-state index contributed by atoms with van der Waals surface area (Å²) in [5.41, 5.74) is 2.15. The first-order valence-electron chi connectivity index (χ1n) is 7.64. The Morgan fingerprint density at radius 1 is 1.35 bits per heavy atom. The Hall–Kier alpha value is -2.26. The number of aromatic nitrogens is 2. The topological polar surface area (TPSA) is 68.0 Å². The first kappa shape index (κ1) is 18.5. The summed E-state index contributed by atoms with van der Waals surface area (Å²) in [7, 11) is 0. The summed E-state index contributed by atoms with van der Waals surface area (Å²) in [5.74, 6) is 0.263. The number of amides is 1. The molecular weight excluding hydrogens is 380 g/mol. The molecule has 26 heavy (non-hydrogen) atoms. The molecule has 0 radical (unpaired) electrons. The van der Waals surface area contributed by atoms with Crippen LogP contribution >= 0.6 is 23.1 Å². The van der Waals surface area contributed by atoms with Crippen molar-refractivity contribution in [1.82, 2.24) is 10.1 Å². The number of carbonyl (C=O) groups is 1. The molecule has 9 heteroatoms. The first-order valence-corrected chi connectivity index (χ1v) is 9.67. The van der Waals surface area contributed by atoms with Crippen molar-refractivity contribution in [2.24, 2.45) is 0 Å². The van der Waals surface area contributed by atoms with Crippen molar-refractivity contribution in [2.75, 3.05) is 11.1 Å². The van der Waals surface area contributed by atoms with E-state index in [0.717, 1.165) is 46.6 Å². The van der Waals surface area contributed by atoms with Gasteiger partial charge in [-0.15, -0.1) is 23.1 Å². The smallest absolute Gasteiger partial charge is 0.236 e. The van der Waals surface area contributed by atoms with E-state index < -0.39 is 11.6 Å². The summed E-state index contributed by atoms with van der Waals surface area (Å²) >= 11 is 2.59. The predicted molar refractivity (Wildman–Crippen MR) is 98.2 cm³/mol.